The highest BCUT2D eigenvalue weighted by molar-refractivity contribution is 7.18. The molecule has 3 heteroatoms. The molecule has 2 aromatic heterocycles. The molecule has 0 saturated heterocycles. The summed E-state index contributed by atoms with van der Waals surface area (Å²) in [7, 11) is 0. The summed E-state index contributed by atoms with van der Waals surface area (Å²) in [4.78, 5) is 6.41. The second-order valence-electron chi connectivity index (χ2n) is 6.74. The van der Waals surface area contributed by atoms with Crippen molar-refractivity contribution in [3.05, 3.63) is 63.8 Å². The molecule has 0 aliphatic rings. The molecule has 0 bridgehead atoms. The van der Waals surface area contributed by atoms with Crippen LogP contribution in [0.4, 0.5) is 0 Å². The lowest BCUT2D eigenvalue weighted by Crippen LogP contribution is -2.08. The Morgan fingerprint density at radius 3 is 2.72 bits per heavy atom. The molecule has 128 valence electrons. The Kier molecular flexibility index (Phi) is 5.14. The smallest absolute Gasteiger partial charge is 0.0941 e. The zero-order chi connectivity index (χ0) is 17.1. The van der Waals surface area contributed by atoms with Gasteiger partial charge in [0.15, 0.2) is 0 Å². The highest BCUT2D eigenvalue weighted by Gasteiger charge is 2.16. The topological polar surface area (TPSA) is 12.9 Å². The predicted octanol–water partition coefficient (Wildman–Crippen LogP) is 7.10. The van der Waals surface area contributed by atoms with Gasteiger partial charge in [-0.1, -0.05) is 56.2 Å². The van der Waals surface area contributed by atoms with Crippen LogP contribution in [0.2, 0.25) is 0 Å². The molecular formula is C22H23NS2. The van der Waals surface area contributed by atoms with Crippen molar-refractivity contribution in [2.24, 2.45) is 5.92 Å². The average Bonchev–Trinajstić information content (AvgIpc) is 3.23. The summed E-state index contributed by atoms with van der Waals surface area (Å²) in [6.45, 7) is 2.29. The first-order valence-corrected chi connectivity index (χ1v) is 10.8. The number of hydrogen-bond donors (Lipinski definition) is 0. The minimum Gasteiger partial charge on any atom is -0.241 e. The van der Waals surface area contributed by atoms with Crippen molar-refractivity contribution >= 4 is 43.7 Å². The average molecular weight is 366 g/mol. The van der Waals surface area contributed by atoms with E-state index in [0.717, 1.165) is 11.9 Å². The second kappa shape index (κ2) is 7.67. The maximum Gasteiger partial charge on any atom is 0.0941 e. The molecule has 4 aromatic rings. The molecule has 1 nitrogen and oxygen atoms in total. The van der Waals surface area contributed by atoms with Crippen LogP contribution in [-0.2, 0) is 12.8 Å². The van der Waals surface area contributed by atoms with Crippen molar-refractivity contribution in [3.8, 4) is 0 Å². The maximum absolute atomic E-state index is 4.87. The summed E-state index contributed by atoms with van der Waals surface area (Å²) in [5, 5.41) is 6.43. The summed E-state index contributed by atoms with van der Waals surface area (Å²) in [5.41, 5.74) is 1.15. The molecule has 0 spiro atoms. The molecule has 0 aliphatic carbocycles. The van der Waals surface area contributed by atoms with E-state index >= 15 is 0 Å². The third-order valence-electron chi connectivity index (χ3n) is 4.83. The number of aromatic nitrogens is 1. The lowest BCUT2D eigenvalue weighted by Gasteiger charge is -2.14. The summed E-state index contributed by atoms with van der Waals surface area (Å²) >= 11 is 3.79. The Morgan fingerprint density at radius 2 is 1.84 bits per heavy atom. The van der Waals surface area contributed by atoms with Gasteiger partial charge in [0.1, 0.15) is 0 Å². The largest absolute Gasteiger partial charge is 0.241 e. The van der Waals surface area contributed by atoms with E-state index < -0.39 is 0 Å². The Bertz CT molecular complexity index is 933. The Hall–Kier alpha value is -1.71. The Labute approximate surface area is 157 Å². The monoisotopic (exact) mass is 365 g/mol. The van der Waals surface area contributed by atoms with Crippen molar-refractivity contribution in [2.75, 3.05) is 0 Å². The molecule has 0 amide bonds. The van der Waals surface area contributed by atoms with E-state index in [1.165, 1.54) is 51.0 Å². The molecule has 2 aromatic carbocycles. The number of thiophene rings is 1. The number of fused-ring (bicyclic) bond motifs is 2. The number of para-hydroxylation sites is 1. The SMILES string of the molecule is CCCCC(Cc1nc2ccccc2s1)Cc1scc2ccccc12. The van der Waals surface area contributed by atoms with Crippen LogP contribution in [0.3, 0.4) is 0 Å². The van der Waals surface area contributed by atoms with Gasteiger partial charge >= 0.3 is 0 Å². The van der Waals surface area contributed by atoms with Crippen LogP contribution in [0.5, 0.6) is 0 Å². The summed E-state index contributed by atoms with van der Waals surface area (Å²) < 4.78 is 1.31. The molecule has 25 heavy (non-hydrogen) atoms. The minimum atomic E-state index is 0.683. The van der Waals surface area contributed by atoms with E-state index in [4.69, 9.17) is 4.98 Å². The molecule has 0 fully saturated rings. The van der Waals surface area contributed by atoms with Gasteiger partial charge in [-0.15, -0.1) is 22.7 Å². The van der Waals surface area contributed by atoms with Gasteiger partial charge in [-0.2, -0.15) is 0 Å². The number of unbranched alkanes of at least 4 members (excludes halogenated alkanes) is 1. The molecule has 0 N–H and O–H groups in total. The highest BCUT2D eigenvalue weighted by atomic mass is 32.1. The Morgan fingerprint density at radius 1 is 1.00 bits per heavy atom. The fourth-order valence-corrected chi connectivity index (χ4v) is 5.70. The van der Waals surface area contributed by atoms with Crippen LogP contribution in [0, 0.1) is 5.92 Å². The van der Waals surface area contributed by atoms with Crippen LogP contribution < -0.4 is 0 Å². The molecule has 4 rings (SSSR count). The van der Waals surface area contributed by atoms with Crippen molar-refractivity contribution in [3.63, 3.8) is 0 Å². The first-order valence-electron chi connectivity index (χ1n) is 9.13. The van der Waals surface area contributed by atoms with Gasteiger partial charge in [0.2, 0.25) is 0 Å². The van der Waals surface area contributed by atoms with E-state index in [0.29, 0.717) is 5.92 Å². The molecule has 1 unspecified atom stereocenters. The zero-order valence-electron chi connectivity index (χ0n) is 14.6. The van der Waals surface area contributed by atoms with Crippen molar-refractivity contribution in [1.82, 2.24) is 4.98 Å². The molecule has 0 aliphatic heterocycles. The quantitative estimate of drug-likeness (QED) is 0.340. The zero-order valence-corrected chi connectivity index (χ0v) is 16.2. The van der Waals surface area contributed by atoms with Crippen molar-refractivity contribution in [1.29, 1.82) is 0 Å². The van der Waals surface area contributed by atoms with Gasteiger partial charge in [0.25, 0.3) is 0 Å². The fourth-order valence-electron chi connectivity index (χ4n) is 3.50. The van der Waals surface area contributed by atoms with E-state index in [-0.39, 0.29) is 0 Å². The van der Waals surface area contributed by atoms with Crippen LogP contribution >= 0.6 is 22.7 Å². The van der Waals surface area contributed by atoms with Gasteiger partial charge in [-0.3, -0.25) is 0 Å². The van der Waals surface area contributed by atoms with E-state index in [2.05, 4.69) is 60.8 Å². The third kappa shape index (κ3) is 3.78. The molecule has 0 radical (unpaired) electrons. The van der Waals surface area contributed by atoms with Crippen LogP contribution in [0.15, 0.2) is 53.9 Å². The number of rotatable bonds is 7. The van der Waals surface area contributed by atoms with Gasteiger partial charge < -0.3 is 0 Å². The van der Waals surface area contributed by atoms with E-state index in [9.17, 15) is 0 Å². The van der Waals surface area contributed by atoms with Crippen LogP contribution in [0.25, 0.3) is 21.0 Å². The minimum absolute atomic E-state index is 0.683. The Balaban J connectivity index is 1.57. The molecule has 1 atom stereocenters. The highest BCUT2D eigenvalue weighted by Crippen LogP contribution is 2.31. The lowest BCUT2D eigenvalue weighted by atomic mass is 9.93. The number of thiazole rings is 1. The van der Waals surface area contributed by atoms with Gasteiger partial charge in [0, 0.05) is 11.3 Å². The first-order chi connectivity index (χ1) is 12.3. The normalized spacial score (nSPS) is 12.8. The number of benzene rings is 2. The van der Waals surface area contributed by atoms with Gasteiger partial charge in [0.05, 0.1) is 15.2 Å². The van der Waals surface area contributed by atoms with Gasteiger partial charge in [-0.05, 0) is 47.0 Å². The summed E-state index contributed by atoms with van der Waals surface area (Å²) in [6, 6.07) is 17.3. The number of nitrogens with zero attached hydrogens (tertiary/aromatic N) is 1. The van der Waals surface area contributed by atoms with Crippen LogP contribution in [-0.4, -0.2) is 4.98 Å². The molecule has 2 heterocycles. The lowest BCUT2D eigenvalue weighted by molar-refractivity contribution is 0.463. The van der Waals surface area contributed by atoms with Crippen molar-refractivity contribution in [2.45, 2.75) is 39.0 Å². The van der Waals surface area contributed by atoms with Gasteiger partial charge in [-0.25, -0.2) is 4.98 Å². The molecule has 0 saturated carbocycles. The third-order valence-corrected chi connectivity index (χ3v) is 6.93. The van der Waals surface area contributed by atoms with E-state index in [1.54, 1.807) is 0 Å². The van der Waals surface area contributed by atoms with E-state index in [1.807, 2.05) is 22.7 Å². The maximum atomic E-state index is 4.87. The summed E-state index contributed by atoms with van der Waals surface area (Å²) in [6.07, 6.45) is 6.14. The van der Waals surface area contributed by atoms with Crippen LogP contribution in [0.1, 0.15) is 36.1 Å². The fraction of sp³-hybridized carbons (Fsp3) is 0.318. The number of hydrogen-bond acceptors (Lipinski definition) is 3. The standard InChI is InChI=1S/C22H23NS2/c1-2-3-8-16(13-21-18-10-5-4-9-17(18)15-24-21)14-22-23-19-11-6-7-12-20(19)25-22/h4-7,9-12,15-16H,2-3,8,13-14H2,1H3. The molecular weight excluding hydrogens is 342 g/mol. The second-order valence-corrected chi connectivity index (χ2v) is 8.82. The predicted molar refractivity (Wildman–Crippen MR) is 112 cm³/mol. The first kappa shape index (κ1) is 16.7. The summed E-state index contributed by atoms with van der Waals surface area (Å²) in [5.74, 6) is 0.683. The van der Waals surface area contributed by atoms with Crippen molar-refractivity contribution < 1.29 is 0 Å².